The maximum atomic E-state index is 11.7. The molecule has 0 spiro atoms. The third-order valence-electron chi connectivity index (χ3n) is 2.57. The Bertz CT molecular complexity index is 460. The standard InChI is InChI=1S/C13H20N4O2/c1-2-16-13(19)9-5-6-10(14)11(8-9)17-7-3-4-12(15)18/h5-6,8,17H,2-4,7,14H2,1H3,(H2,15,18)(H,16,19). The zero-order valence-corrected chi connectivity index (χ0v) is 11.0. The maximum Gasteiger partial charge on any atom is 0.251 e. The summed E-state index contributed by atoms with van der Waals surface area (Å²) in [6.07, 6.45) is 0.947. The molecule has 0 radical (unpaired) electrons. The minimum Gasteiger partial charge on any atom is -0.397 e. The van der Waals surface area contributed by atoms with Crippen LogP contribution in [0.1, 0.15) is 30.1 Å². The fraction of sp³-hybridized carbons (Fsp3) is 0.385. The Morgan fingerprint density at radius 3 is 2.68 bits per heavy atom. The van der Waals surface area contributed by atoms with Crippen molar-refractivity contribution >= 4 is 23.2 Å². The van der Waals surface area contributed by atoms with Gasteiger partial charge in [-0.15, -0.1) is 0 Å². The molecule has 19 heavy (non-hydrogen) atoms. The Morgan fingerprint density at radius 1 is 1.32 bits per heavy atom. The van der Waals surface area contributed by atoms with Gasteiger partial charge in [0.15, 0.2) is 0 Å². The molecule has 0 unspecified atom stereocenters. The number of benzene rings is 1. The van der Waals surface area contributed by atoms with Crippen molar-refractivity contribution in [3.05, 3.63) is 23.8 Å². The smallest absolute Gasteiger partial charge is 0.251 e. The number of nitrogens with two attached hydrogens (primary N) is 2. The topological polar surface area (TPSA) is 110 Å². The summed E-state index contributed by atoms with van der Waals surface area (Å²) in [6, 6.07) is 5.06. The van der Waals surface area contributed by atoms with E-state index in [2.05, 4.69) is 10.6 Å². The molecular weight excluding hydrogens is 244 g/mol. The molecule has 6 N–H and O–H groups in total. The van der Waals surface area contributed by atoms with Crippen molar-refractivity contribution in [1.29, 1.82) is 0 Å². The first-order valence-electron chi connectivity index (χ1n) is 6.24. The van der Waals surface area contributed by atoms with E-state index in [9.17, 15) is 9.59 Å². The zero-order valence-electron chi connectivity index (χ0n) is 11.0. The van der Waals surface area contributed by atoms with Gasteiger partial charge in [0.1, 0.15) is 0 Å². The molecule has 0 heterocycles. The maximum absolute atomic E-state index is 11.7. The first-order valence-corrected chi connectivity index (χ1v) is 6.24. The summed E-state index contributed by atoms with van der Waals surface area (Å²) in [4.78, 5) is 22.3. The molecule has 0 bridgehead atoms. The lowest BCUT2D eigenvalue weighted by Gasteiger charge is -2.11. The van der Waals surface area contributed by atoms with Crippen LogP contribution in [0.3, 0.4) is 0 Å². The van der Waals surface area contributed by atoms with Gasteiger partial charge in [-0.25, -0.2) is 0 Å². The molecule has 6 nitrogen and oxygen atoms in total. The van der Waals surface area contributed by atoms with Crippen molar-refractivity contribution in [1.82, 2.24) is 5.32 Å². The third kappa shape index (κ3) is 4.87. The SMILES string of the molecule is CCNC(=O)c1ccc(N)c(NCCCC(N)=O)c1. The summed E-state index contributed by atoms with van der Waals surface area (Å²) in [5.74, 6) is -0.464. The van der Waals surface area contributed by atoms with Crippen LogP contribution in [0.15, 0.2) is 18.2 Å². The number of amides is 2. The van der Waals surface area contributed by atoms with Gasteiger partial charge in [-0.05, 0) is 31.5 Å². The molecular formula is C13H20N4O2. The Balaban J connectivity index is 2.64. The molecule has 1 rings (SSSR count). The Hall–Kier alpha value is -2.24. The highest BCUT2D eigenvalue weighted by molar-refractivity contribution is 5.96. The van der Waals surface area contributed by atoms with E-state index in [0.29, 0.717) is 42.9 Å². The molecule has 0 saturated heterocycles. The fourth-order valence-electron chi connectivity index (χ4n) is 1.60. The summed E-state index contributed by atoms with van der Waals surface area (Å²) in [5, 5.41) is 5.81. The molecule has 2 amide bonds. The number of carbonyl (C=O) groups is 2. The van der Waals surface area contributed by atoms with E-state index >= 15 is 0 Å². The van der Waals surface area contributed by atoms with Crippen molar-refractivity contribution in [2.45, 2.75) is 19.8 Å². The summed E-state index contributed by atoms with van der Waals surface area (Å²) in [7, 11) is 0. The number of primary amides is 1. The molecule has 0 saturated carbocycles. The lowest BCUT2D eigenvalue weighted by Crippen LogP contribution is -2.22. The highest BCUT2D eigenvalue weighted by atomic mass is 16.1. The highest BCUT2D eigenvalue weighted by Crippen LogP contribution is 2.20. The molecule has 1 aromatic carbocycles. The molecule has 104 valence electrons. The van der Waals surface area contributed by atoms with Crippen LogP contribution in [-0.2, 0) is 4.79 Å². The van der Waals surface area contributed by atoms with Crippen LogP contribution in [-0.4, -0.2) is 24.9 Å². The first-order chi connectivity index (χ1) is 9.04. The van der Waals surface area contributed by atoms with Crippen LogP contribution in [0, 0.1) is 0 Å². The van der Waals surface area contributed by atoms with E-state index in [1.165, 1.54) is 0 Å². The molecule has 0 aromatic heterocycles. The Labute approximate surface area is 112 Å². The van der Waals surface area contributed by atoms with Crippen molar-refractivity contribution in [3.8, 4) is 0 Å². The van der Waals surface area contributed by atoms with E-state index in [0.717, 1.165) is 0 Å². The van der Waals surface area contributed by atoms with Crippen LogP contribution >= 0.6 is 0 Å². The summed E-state index contributed by atoms with van der Waals surface area (Å²) in [6.45, 7) is 3.01. The van der Waals surface area contributed by atoms with Crippen LogP contribution < -0.4 is 22.1 Å². The summed E-state index contributed by atoms with van der Waals surface area (Å²) in [5.41, 5.74) is 12.7. The molecule has 0 fully saturated rings. The number of hydrogen-bond donors (Lipinski definition) is 4. The van der Waals surface area contributed by atoms with Gasteiger partial charge in [0.2, 0.25) is 5.91 Å². The van der Waals surface area contributed by atoms with Gasteiger partial charge in [-0.3, -0.25) is 9.59 Å². The largest absolute Gasteiger partial charge is 0.397 e. The normalized spacial score (nSPS) is 9.95. The van der Waals surface area contributed by atoms with Gasteiger partial charge in [-0.1, -0.05) is 0 Å². The number of nitrogens with one attached hydrogen (secondary N) is 2. The quantitative estimate of drug-likeness (QED) is 0.429. The molecule has 6 heteroatoms. The molecule has 0 atom stereocenters. The lowest BCUT2D eigenvalue weighted by atomic mass is 10.1. The number of carbonyl (C=O) groups excluding carboxylic acids is 2. The van der Waals surface area contributed by atoms with E-state index in [1.807, 2.05) is 6.92 Å². The average molecular weight is 264 g/mol. The van der Waals surface area contributed by atoms with Gasteiger partial charge in [0.25, 0.3) is 5.91 Å². The van der Waals surface area contributed by atoms with Gasteiger partial charge >= 0.3 is 0 Å². The van der Waals surface area contributed by atoms with Gasteiger partial charge in [0, 0.05) is 25.1 Å². The average Bonchev–Trinajstić information content (AvgIpc) is 2.36. The van der Waals surface area contributed by atoms with Crippen molar-refractivity contribution in [3.63, 3.8) is 0 Å². The number of nitrogen functional groups attached to an aromatic ring is 1. The van der Waals surface area contributed by atoms with E-state index < -0.39 is 0 Å². The van der Waals surface area contributed by atoms with Crippen LogP contribution in [0.25, 0.3) is 0 Å². The minimum atomic E-state index is -0.328. The van der Waals surface area contributed by atoms with E-state index in [-0.39, 0.29) is 11.8 Å². The van der Waals surface area contributed by atoms with Crippen LogP contribution in [0.5, 0.6) is 0 Å². The van der Waals surface area contributed by atoms with Crippen molar-refractivity contribution in [2.24, 2.45) is 5.73 Å². The second-order valence-electron chi connectivity index (χ2n) is 4.16. The van der Waals surface area contributed by atoms with Gasteiger partial charge in [0.05, 0.1) is 11.4 Å². The Morgan fingerprint density at radius 2 is 2.05 bits per heavy atom. The second-order valence-corrected chi connectivity index (χ2v) is 4.16. The predicted molar refractivity (Wildman–Crippen MR) is 75.8 cm³/mol. The van der Waals surface area contributed by atoms with Crippen LogP contribution in [0.4, 0.5) is 11.4 Å². The van der Waals surface area contributed by atoms with E-state index in [1.54, 1.807) is 18.2 Å². The molecule has 0 aliphatic heterocycles. The molecule has 0 aliphatic rings. The first kappa shape index (κ1) is 14.8. The van der Waals surface area contributed by atoms with E-state index in [4.69, 9.17) is 11.5 Å². The minimum absolute atomic E-state index is 0.136. The highest BCUT2D eigenvalue weighted by Gasteiger charge is 2.07. The predicted octanol–water partition coefficient (Wildman–Crippen LogP) is 0.696. The van der Waals surface area contributed by atoms with Gasteiger partial charge < -0.3 is 22.1 Å². The summed E-state index contributed by atoms with van der Waals surface area (Å²) < 4.78 is 0. The molecule has 1 aromatic rings. The zero-order chi connectivity index (χ0) is 14.3. The number of anilines is 2. The van der Waals surface area contributed by atoms with Crippen molar-refractivity contribution in [2.75, 3.05) is 24.1 Å². The fourth-order valence-corrected chi connectivity index (χ4v) is 1.60. The van der Waals surface area contributed by atoms with Crippen LogP contribution in [0.2, 0.25) is 0 Å². The monoisotopic (exact) mass is 264 g/mol. The second kappa shape index (κ2) is 7.25. The summed E-state index contributed by atoms with van der Waals surface area (Å²) >= 11 is 0. The number of rotatable bonds is 7. The van der Waals surface area contributed by atoms with Gasteiger partial charge in [-0.2, -0.15) is 0 Å². The lowest BCUT2D eigenvalue weighted by molar-refractivity contribution is -0.118. The third-order valence-corrected chi connectivity index (χ3v) is 2.57. The van der Waals surface area contributed by atoms with Crippen molar-refractivity contribution < 1.29 is 9.59 Å². The molecule has 0 aliphatic carbocycles. The number of hydrogen-bond acceptors (Lipinski definition) is 4. The Kier molecular flexibility index (Phi) is 5.66.